The lowest BCUT2D eigenvalue weighted by Crippen LogP contribution is -2.36. The number of piperidine rings is 1. The zero-order valence-corrected chi connectivity index (χ0v) is 16.5. The van der Waals surface area contributed by atoms with Crippen LogP contribution in [-0.2, 0) is 0 Å². The number of carbonyl (C=O) groups excluding carboxylic acids is 1. The Bertz CT molecular complexity index is 1200. The van der Waals surface area contributed by atoms with Crippen molar-refractivity contribution in [1.82, 2.24) is 30.0 Å². The Balaban J connectivity index is 1.47. The molecule has 0 unspecified atom stereocenters. The molecule has 0 bridgehead atoms. The third-order valence-electron chi connectivity index (χ3n) is 5.38. The fourth-order valence-corrected chi connectivity index (χ4v) is 3.89. The Morgan fingerprint density at radius 1 is 1.07 bits per heavy atom. The number of imidazole rings is 1. The van der Waals surface area contributed by atoms with E-state index >= 15 is 0 Å². The first-order valence-electron chi connectivity index (χ1n) is 9.88. The molecular weight excluding hydrogens is 368 g/mol. The van der Waals surface area contributed by atoms with Crippen molar-refractivity contribution in [1.29, 1.82) is 0 Å². The molecular formula is C21H22N6O2. The van der Waals surface area contributed by atoms with Crippen LogP contribution in [0.25, 0.3) is 33.7 Å². The first-order valence-corrected chi connectivity index (χ1v) is 9.88. The number of fused-ring (bicyclic) bond motifs is 1. The van der Waals surface area contributed by atoms with E-state index in [1.165, 1.54) is 6.42 Å². The third kappa shape index (κ3) is 3.20. The van der Waals surface area contributed by atoms with E-state index in [1.807, 2.05) is 30.0 Å². The number of aryl methyl sites for hydroxylation is 2. The normalized spacial score (nSPS) is 14.6. The van der Waals surface area contributed by atoms with Gasteiger partial charge in [-0.15, -0.1) is 0 Å². The van der Waals surface area contributed by atoms with Gasteiger partial charge in [-0.25, -0.2) is 4.98 Å². The van der Waals surface area contributed by atoms with Crippen LogP contribution >= 0.6 is 0 Å². The molecule has 1 amide bonds. The lowest BCUT2D eigenvalue weighted by molar-refractivity contribution is 0.0713. The second-order valence-corrected chi connectivity index (χ2v) is 7.54. The van der Waals surface area contributed by atoms with Gasteiger partial charge in [0.1, 0.15) is 5.69 Å². The zero-order valence-electron chi connectivity index (χ0n) is 16.5. The van der Waals surface area contributed by atoms with E-state index < -0.39 is 0 Å². The van der Waals surface area contributed by atoms with Crippen molar-refractivity contribution in [3.8, 4) is 22.8 Å². The van der Waals surface area contributed by atoms with Crippen molar-refractivity contribution in [2.24, 2.45) is 0 Å². The zero-order chi connectivity index (χ0) is 20.0. The quantitative estimate of drug-likeness (QED) is 0.553. The first-order chi connectivity index (χ1) is 14.1. The number of nitrogens with one attached hydrogen (secondary N) is 2. The van der Waals surface area contributed by atoms with E-state index in [9.17, 15) is 4.79 Å². The molecule has 148 valence electrons. The second kappa shape index (κ2) is 6.88. The maximum absolute atomic E-state index is 12.8. The van der Waals surface area contributed by atoms with Gasteiger partial charge in [-0.1, -0.05) is 11.2 Å². The summed E-state index contributed by atoms with van der Waals surface area (Å²) in [5.41, 5.74) is 4.38. The number of aromatic amines is 2. The number of hydrogen-bond acceptors (Lipinski definition) is 5. The summed E-state index contributed by atoms with van der Waals surface area (Å²) in [5, 5.41) is 4.86. The Kier molecular flexibility index (Phi) is 4.19. The summed E-state index contributed by atoms with van der Waals surface area (Å²) in [7, 11) is 0. The van der Waals surface area contributed by atoms with Gasteiger partial charge in [-0.05, 0) is 51.3 Å². The van der Waals surface area contributed by atoms with Crippen molar-refractivity contribution < 1.29 is 9.32 Å². The molecule has 1 fully saturated rings. The second-order valence-electron chi connectivity index (χ2n) is 7.54. The molecule has 0 saturated carbocycles. The minimum Gasteiger partial charge on any atom is -0.351 e. The highest BCUT2D eigenvalue weighted by molar-refractivity contribution is 5.93. The van der Waals surface area contributed by atoms with Gasteiger partial charge in [0.15, 0.2) is 11.6 Å². The maximum Gasteiger partial charge on any atom is 0.289 e. The highest BCUT2D eigenvalue weighted by atomic mass is 16.5. The molecule has 8 nitrogen and oxygen atoms in total. The van der Waals surface area contributed by atoms with Crippen molar-refractivity contribution in [3.05, 3.63) is 41.6 Å². The molecule has 0 aliphatic carbocycles. The molecule has 5 rings (SSSR count). The van der Waals surface area contributed by atoms with E-state index in [0.717, 1.165) is 59.5 Å². The number of likely N-dealkylation sites (tertiary alicyclic amines) is 1. The summed E-state index contributed by atoms with van der Waals surface area (Å²) in [5.74, 6) is 1.45. The summed E-state index contributed by atoms with van der Waals surface area (Å²) in [6.45, 7) is 5.35. The molecule has 0 spiro atoms. The van der Waals surface area contributed by atoms with Gasteiger partial charge >= 0.3 is 0 Å². The summed E-state index contributed by atoms with van der Waals surface area (Å²) in [4.78, 5) is 30.0. The molecule has 1 aromatic carbocycles. The number of rotatable bonds is 3. The Morgan fingerprint density at radius 3 is 2.66 bits per heavy atom. The molecule has 0 radical (unpaired) electrons. The predicted molar refractivity (Wildman–Crippen MR) is 108 cm³/mol. The van der Waals surface area contributed by atoms with Gasteiger partial charge in [0.25, 0.3) is 11.8 Å². The van der Waals surface area contributed by atoms with Crippen LogP contribution in [0.5, 0.6) is 0 Å². The Hall–Kier alpha value is -3.42. The minimum atomic E-state index is -0.0178. The van der Waals surface area contributed by atoms with Crippen LogP contribution in [0, 0.1) is 13.8 Å². The summed E-state index contributed by atoms with van der Waals surface area (Å²) < 4.78 is 5.25. The number of amides is 1. The lowest BCUT2D eigenvalue weighted by atomic mass is 10.1. The smallest absolute Gasteiger partial charge is 0.289 e. The molecule has 1 aliphatic rings. The number of hydrogen-bond donors (Lipinski definition) is 2. The molecule has 29 heavy (non-hydrogen) atoms. The predicted octanol–water partition coefficient (Wildman–Crippen LogP) is 3.85. The van der Waals surface area contributed by atoms with Gasteiger partial charge in [-0.2, -0.15) is 4.98 Å². The number of nitrogens with zero attached hydrogens (tertiary/aromatic N) is 4. The molecule has 2 N–H and O–H groups in total. The van der Waals surface area contributed by atoms with Crippen molar-refractivity contribution in [3.63, 3.8) is 0 Å². The fourth-order valence-electron chi connectivity index (χ4n) is 3.89. The van der Waals surface area contributed by atoms with Crippen LogP contribution in [0.3, 0.4) is 0 Å². The van der Waals surface area contributed by atoms with Crippen LogP contribution in [0.15, 0.2) is 28.8 Å². The van der Waals surface area contributed by atoms with E-state index in [0.29, 0.717) is 17.5 Å². The summed E-state index contributed by atoms with van der Waals surface area (Å²) in [6.07, 6.45) is 3.31. The highest BCUT2D eigenvalue weighted by Gasteiger charge is 2.22. The molecule has 8 heteroatoms. The fraction of sp³-hybridized carbons (Fsp3) is 0.333. The number of H-pyrrole nitrogens is 2. The van der Waals surface area contributed by atoms with E-state index in [4.69, 9.17) is 4.52 Å². The van der Waals surface area contributed by atoms with Crippen LogP contribution in [0.2, 0.25) is 0 Å². The van der Waals surface area contributed by atoms with Gasteiger partial charge in [0, 0.05) is 35.2 Å². The van der Waals surface area contributed by atoms with Gasteiger partial charge < -0.3 is 19.4 Å². The molecule has 4 heterocycles. The number of benzene rings is 1. The van der Waals surface area contributed by atoms with Crippen molar-refractivity contribution in [2.45, 2.75) is 33.1 Å². The van der Waals surface area contributed by atoms with Gasteiger partial charge in [0.2, 0.25) is 0 Å². The Labute approximate surface area is 167 Å². The van der Waals surface area contributed by atoms with Crippen LogP contribution in [0.1, 0.15) is 41.4 Å². The minimum absolute atomic E-state index is 0.0178. The topological polar surface area (TPSA) is 104 Å². The van der Waals surface area contributed by atoms with Gasteiger partial charge in [0.05, 0.1) is 5.69 Å². The standard InChI is InChI=1S/C21H22N6O2/c1-12-18(25-19(22-12)21(28)27-8-4-3-5-9-27)14-6-7-16-15(10-14)11-17(24-16)20-23-13(2)26-29-20/h6-7,10-11,24H,3-5,8-9H2,1-2H3,(H,22,25). The lowest BCUT2D eigenvalue weighted by Gasteiger charge is -2.25. The summed E-state index contributed by atoms with van der Waals surface area (Å²) in [6, 6.07) is 8.03. The highest BCUT2D eigenvalue weighted by Crippen LogP contribution is 2.29. The monoisotopic (exact) mass is 390 g/mol. The average Bonchev–Trinajstić information content (AvgIpc) is 3.45. The number of aromatic nitrogens is 5. The van der Waals surface area contributed by atoms with Crippen molar-refractivity contribution >= 4 is 16.8 Å². The first kappa shape index (κ1) is 17.7. The molecule has 4 aromatic rings. The average molecular weight is 390 g/mol. The third-order valence-corrected chi connectivity index (χ3v) is 5.38. The number of carbonyl (C=O) groups is 1. The van der Waals surface area contributed by atoms with Crippen LogP contribution < -0.4 is 0 Å². The van der Waals surface area contributed by atoms with E-state index in [1.54, 1.807) is 6.92 Å². The Morgan fingerprint density at radius 2 is 1.90 bits per heavy atom. The van der Waals surface area contributed by atoms with Gasteiger partial charge in [-0.3, -0.25) is 4.79 Å². The molecule has 3 aromatic heterocycles. The van der Waals surface area contributed by atoms with E-state index in [2.05, 4.69) is 31.2 Å². The van der Waals surface area contributed by atoms with Crippen LogP contribution in [0.4, 0.5) is 0 Å². The molecule has 0 atom stereocenters. The van der Waals surface area contributed by atoms with Crippen molar-refractivity contribution in [2.75, 3.05) is 13.1 Å². The maximum atomic E-state index is 12.8. The van der Waals surface area contributed by atoms with E-state index in [-0.39, 0.29) is 5.91 Å². The molecule has 1 saturated heterocycles. The SMILES string of the molecule is Cc1noc(-c2cc3cc(-c4nc(C(=O)N5CCCCC5)[nH]c4C)ccc3[nH]2)n1. The summed E-state index contributed by atoms with van der Waals surface area (Å²) >= 11 is 0. The van der Waals surface area contributed by atoms with Crippen LogP contribution in [-0.4, -0.2) is 49.0 Å². The molecule has 1 aliphatic heterocycles. The largest absolute Gasteiger partial charge is 0.351 e.